The van der Waals surface area contributed by atoms with Gasteiger partial charge in [-0.1, -0.05) is 24.3 Å². The second-order valence-electron chi connectivity index (χ2n) is 8.41. The molecule has 0 saturated carbocycles. The Labute approximate surface area is 191 Å². The molecule has 6 nitrogen and oxygen atoms in total. The Balaban J connectivity index is 1.26. The molecule has 1 saturated heterocycles. The molecule has 9 heteroatoms. The molecule has 33 heavy (non-hydrogen) atoms. The minimum Gasteiger partial charge on any atom is -0.369 e. The lowest BCUT2D eigenvalue weighted by atomic mass is 10.1. The third-order valence-electron chi connectivity index (χ3n) is 6.26. The van der Waals surface area contributed by atoms with E-state index in [0.29, 0.717) is 51.4 Å². The molecule has 1 N–H and O–H groups in total. The van der Waals surface area contributed by atoms with Crippen molar-refractivity contribution in [3.8, 4) is 0 Å². The number of rotatable bonds is 5. The second-order valence-corrected chi connectivity index (χ2v) is 8.41. The van der Waals surface area contributed by atoms with Crippen LogP contribution in [0.25, 0.3) is 0 Å². The number of anilines is 2. The van der Waals surface area contributed by atoms with Crippen LogP contribution in [0.1, 0.15) is 18.1 Å². The third-order valence-corrected chi connectivity index (χ3v) is 6.26. The number of piperazine rings is 1. The number of hydrogen-bond donors (Lipinski definition) is 1. The molecule has 1 fully saturated rings. The van der Waals surface area contributed by atoms with Crippen molar-refractivity contribution in [3.63, 3.8) is 0 Å². The molecular weight excluding hydrogens is 433 g/mol. The van der Waals surface area contributed by atoms with Gasteiger partial charge in [-0.3, -0.25) is 19.4 Å². The number of alkyl halides is 3. The van der Waals surface area contributed by atoms with E-state index < -0.39 is 17.8 Å². The largest absolute Gasteiger partial charge is 0.416 e. The van der Waals surface area contributed by atoms with Crippen molar-refractivity contribution in [2.75, 3.05) is 49.1 Å². The van der Waals surface area contributed by atoms with Crippen LogP contribution in [0.15, 0.2) is 48.5 Å². The van der Waals surface area contributed by atoms with Crippen molar-refractivity contribution in [1.29, 1.82) is 0 Å². The first-order chi connectivity index (χ1) is 15.7. The van der Waals surface area contributed by atoms with Crippen molar-refractivity contribution in [3.05, 3.63) is 59.7 Å². The number of nitrogens with one attached hydrogen (secondary N) is 1. The summed E-state index contributed by atoms with van der Waals surface area (Å²) in [6, 6.07) is 12.4. The minimum atomic E-state index is -4.35. The van der Waals surface area contributed by atoms with Gasteiger partial charge in [0.25, 0.3) is 0 Å². The molecule has 0 unspecified atom stereocenters. The van der Waals surface area contributed by atoms with E-state index in [1.54, 1.807) is 11.0 Å². The fourth-order valence-electron chi connectivity index (χ4n) is 4.55. The number of nitrogens with zero attached hydrogens (tertiary/aromatic N) is 3. The maximum atomic E-state index is 13.0. The lowest BCUT2D eigenvalue weighted by Crippen LogP contribution is -2.51. The summed E-state index contributed by atoms with van der Waals surface area (Å²) >= 11 is 0. The van der Waals surface area contributed by atoms with Crippen molar-refractivity contribution in [1.82, 2.24) is 10.2 Å². The molecule has 2 aliphatic rings. The molecular formula is C24H27F3N4O2. The summed E-state index contributed by atoms with van der Waals surface area (Å²) in [5.41, 5.74) is 1.70. The van der Waals surface area contributed by atoms with Crippen LogP contribution in [-0.4, -0.2) is 62.0 Å². The lowest BCUT2D eigenvalue weighted by Gasteiger charge is -2.36. The van der Waals surface area contributed by atoms with Crippen molar-refractivity contribution < 1.29 is 22.8 Å². The van der Waals surface area contributed by atoms with E-state index >= 15 is 0 Å². The SMILES string of the molecule is CC(=O)N1c2ccccc2C[C@@H]1C(=O)NCCN1CCN(c2cccc(C(F)(F)F)c2)CC1. The van der Waals surface area contributed by atoms with Crippen LogP contribution in [0.5, 0.6) is 0 Å². The molecule has 1 atom stereocenters. The first kappa shape index (κ1) is 23.1. The zero-order chi connectivity index (χ0) is 23.6. The summed E-state index contributed by atoms with van der Waals surface area (Å²) in [5, 5.41) is 2.95. The van der Waals surface area contributed by atoms with Gasteiger partial charge in [0.2, 0.25) is 11.8 Å². The van der Waals surface area contributed by atoms with Gasteiger partial charge in [-0.25, -0.2) is 0 Å². The van der Waals surface area contributed by atoms with Crippen LogP contribution in [0, 0.1) is 0 Å². The molecule has 176 valence electrons. The van der Waals surface area contributed by atoms with E-state index in [1.165, 1.54) is 19.1 Å². The molecule has 2 aromatic carbocycles. The highest BCUT2D eigenvalue weighted by molar-refractivity contribution is 6.02. The predicted molar refractivity (Wildman–Crippen MR) is 120 cm³/mol. The Hall–Kier alpha value is -3.07. The van der Waals surface area contributed by atoms with Crippen LogP contribution >= 0.6 is 0 Å². The Morgan fingerprint density at radius 1 is 1.03 bits per heavy atom. The van der Waals surface area contributed by atoms with E-state index in [4.69, 9.17) is 0 Å². The highest BCUT2D eigenvalue weighted by Crippen LogP contribution is 2.33. The number of carbonyl (C=O) groups is 2. The third kappa shape index (κ3) is 5.13. The Kier molecular flexibility index (Phi) is 6.60. The quantitative estimate of drug-likeness (QED) is 0.746. The summed E-state index contributed by atoms with van der Waals surface area (Å²) in [6.07, 6.45) is -3.86. The molecule has 0 aromatic heterocycles. The average Bonchev–Trinajstić information content (AvgIpc) is 3.19. The summed E-state index contributed by atoms with van der Waals surface area (Å²) in [7, 11) is 0. The number of hydrogen-bond acceptors (Lipinski definition) is 4. The molecule has 0 spiro atoms. The summed E-state index contributed by atoms with van der Waals surface area (Å²) in [5.74, 6) is -0.338. The fourth-order valence-corrected chi connectivity index (χ4v) is 4.55. The number of para-hydroxylation sites is 1. The molecule has 4 rings (SSSR count). The molecule has 2 aromatic rings. The van der Waals surface area contributed by atoms with E-state index in [1.807, 2.05) is 29.2 Å². The van der Waals surface area contributed by atoms with Crippen LogP contribution in [0.4, 0.5) is 24.5 Å². The minimum absolute atomic E-state index is 0.161. The lowest BCUT2D eigenvalue weighted by molar-refractivity contribution is -0.137. The van der Waals surface area contributed by atoms with Gasteiger partial charge in [0.1, 0.15) is 6.04 Å². The topological polar surface area (TPSA) is 55.9 Å². The normalized spacial score (nSPS) is 18.8. The Morgan fingerprint density at radius 2 is 1.76 bits per heavy atom. The Morgan fingerprint density at radius 3 is 2.45 bits per heavy atom. The van der Waals surface area contributed by atoms with Crippen molar-refractivity contribution in [2.45, 2.75) is 25.6 Å². The highest BCUT2D eigenvalue weighted by Gasteiger charge is 2.36. The van der Waals surface area contributed by atoms with Gasteiger partial charge in [-0.15, -0.1) is 0 Å². The van der Waals surface area contributed by atoms with E-state index in [-0.39, 0.29) is 11.8 Å². The Bertz CT molecular complexity index is 1020. The summed E-state index contributed by atoms with van der Waals surface area (Å²) in [6.45, 7) is 5.17. The van der Waals surface area contributed by atoms with E-state index in [9.17, 15) is 22.8 Å². The van der Waals surface area contributed by atoms with Crippen molar-refractivity contribution in [2.24, 2.45) is 0 Å². The summed E-state index contributed by atoms with van der Waals surface area (Å²) in [4.78, 5) is 30.6. The first-order valence-corrected chi connectivity index (χ1v) is 11.0. The highest BCUT2D eigenvalue weighted by atomic mass is 19.4. The number of carbonyl (C=O) groups excluding carboxylic acids is 2. The zero-order valence-electron chi connectivity index (χ0n) is 18.4. The predicted octanol–water partition coefficient (Wildman–Crippen LogP) is 2.92. The standard InChI is InChI=1S/C24H27F3N4O2/c1-17(32)31-21-8-3-2-5-18(21)15-22(31)23(33)28-9-10-29-11-13-30(14-12-29)20-7-4-6-19(16-20)24(25,26)27/h2-8,16,22H,9-15H2,1H3,(H,28,33)/t22-/m1/s1. The molecule has 2 amide bonds. The zero-order valence-corrected chi connectivity index (χ0v) is 18.4. The van der Waals surface area contributed by atoms with Crippen LogP contribution in [0.3, 0.4) is 0 Å². The van der Waals surface area contributed by atoms with Gasteiger partial charge in [-0.2, -0.15) is 13.2 Å². The molecule has 0 radical (unpaired) electrons. The van der Waals surface area contributed by atoms with E-state index in [2.05, 4.69) is 10.2 Å². The molecule has 0 aliphatic carbocycles. The number of benzene rings is 2. The first-order valence-electron chi connectivity index (χ1n) is 11.0. The maximum absolute atomic E-state index is 13.0. The average molecular weight is 461 g/mol. The smallest absolute Gasteiger partial charge is 0.369 e. The molecule has 2 heterocycles. The monoisotopic (exact) mass is 460 g/mol. The van der Waals surface area contributed by atoms with Crippen molar-refractivity contribution >= 4 is 23.2 Å². The van der Waals surface area contributed by atoms with Crippen LogP contribution in [0.2, 0.25) is 0 Å². The second kappa shape index (κ2) is 9.43. The number of halogens is 3. The summed E-state index contributed by atoms with van der Waals surface area (Å²) < 4.78 is 38.9. The number of fused-ring (bicyclic) bond motifs is 1. The fraction of sp³-hybridized carbons (Fsp3) is 0.417. The van der Waals surface area contributed by atoms with E-state index in [0.717, 1.165) is 17.3 Å². The van der Waals surface area contributed by atoms with Gasteiger partial charge >= 0.3 is 6.18 Å². The van der Waals surface area contributed by atoms with Crippen LogP contribution < -0.4 is 15.1 Å². The van der Waals surface area contributed by atoms with Gasteiger partial charge < -0.3 is 10.2 Å². The van der Waals surface area contributed by atoms with Crippen LogP contribution in [-0.2, 0) is 22.2 Å². The van der Waals surface area contributed by atoms with Gasteiger partial charge in [0, 0.05) is 64.0 Å². The molecule has 0 bridgehead atoms. The maximum Gasteiger partial charge on any atom is 0.416 e. The number of amides is 2. The van der Waals surface area contributed by atoms with Gasteiger partial charge in [-0.05, 0) is 29.8 Å². The molecule has 2 aliphatic heterocycles. The van der Waals surface area contributed by atoms with Gasteiger partial charge in [0.15, 0.2) is 0 Å². The van der Waals surface area contributed by atoms with Gasteiger partial charge in [0.05, 0.1) is 5.56 Å².